The van der Waals surface area contributed by atoms with Gasteiger partial charge in [0.1, 0.15) is 0 Å². The zero-order valence-electron chi connectivity index (χ0n) is 11.0. The standard InChI is InChI=1S/C13H26ClNO/c1-4-8-12(9-5-2)13(16)15(6-3)11-7-10-14/h12H,4-11H2,1-3H3. The Labute approximate surface area is 105 Å². The molecule has 0 rings (SSSR count). The van der Waals surface area contributed by atoms with Crippen LogP contribution in [-0.4, -0.2) is 29.8 Å². The lowest BCUT2D eigenvalue weighted by Crippen LogP contribution is -2.37. The Morgan fingerprint density at radius 2 is 1.75 bits per heavy atom. The van der Waals surface area contributed by atoms with E-state index in [0.29, 0.717) is 11.8 Å². The van der Waals surface area contributed by atoms with Crippen LogP contribution in [-0.2, 0) is 4.79 Å². The second kappa shape index (κ2) is 9.95. The first kappa shape index (κ1) is 15.8. The van der Waals surface area contributed by atoms with Gasteiger partial charge in [-0.25, -0.2) is 0 Å². The molecule has 0 aromatic carbocycles. The molecule has 0 saturated heterocycles. The highest BCUT2D eigenvalue weighted by molar-refractivity contribution is 6.17. The molecule has 0 aromatic heterocycles. The van der Waals surface area contributed by atoms with Crippen molar-refractivity contribution in [3.63, 3.8) is 0 Å². The molecule has 0 fully saturated rings. The molecule has 2 nitrogen and oxygen atoms in total. The molecule has 0 aliphatic heterocycles. The predicted molar refractivity (Wildman–Crippen MR) is 70.9 cm³/mol. The Balaban J connectivity index is 4.29. The summed E-state index contributed by atoms with van der Waals surface area (Å²) in [5.41, 5.74) is 0. The number of rotatable bonds is 9. The third kappa shape index (κ3) is 5.74. The van der Waals surface area contributed by atoms with Crippen LogP contribution in [0.25, 0.3) is 0 Å². The SMILES string of the molecule is CCCC(CCC)C(=O)N(CC)CCCCl. The Bertz CT molecular complexity index is 179. The Morgan fingerprint density at radius 1 is 1.19 bits per heavy atom. The van der Waals surface area contributed by atoms with Gasteiger partial charge in [-0.1, -0.05) is 26.7 Å². The van der Waals surface area contributed by atoms with E-state index in [1.54, 1.807) is 0 Å². The van der Waals surface area contributed by atoms with E-state index in [1.807, 2.05) is 11.8 Å². The van der Waals surface area contributed by atoms with Crippen molar-refractivity contribution < 1.29 is 4.79 Å². The van der Waals surface area contributed by atoms with E-state index < -0.39 is 0 Å². The molecule has 0 N–H and O–H groups in total. The molecule has 16 heavy (non-hydrogen) atoms. The van der Waals surface area contributed by atoms with Gasteiger partial charge in [-0.3, -0.25) is 4.79 Å². The van der Waals surface area contributed by atoms with Gasteiger partial charge in [0.05, 0.1) is 0 Å². The lowest BCUT2D eigenvalue weighted by atomic mass is 9.96. The molecule has 0 bridgehead atoms. The maximum absolute atomic E-state index is 12.2. The van der Waals surface area contributed by atoms with E-state index in [4.69, 9.17) is 11.6 Å². The van der Waals surface area contributed by atoms with Crippen LogP contribution in [0, 0.1) is 5.92 Å². The summed E-state index contributed by atoms with van der Waals surface area (Å²) in [5.74, 6) is 1.19. The third-order valence-electron chi connectivity index (χ3n) is 2.88. The zero-order valence-corrected chi connectivity index (χ0v) is 11.7. The summed E-state index contributed by atoms with van der Waals surface area (Å²) in [5, 5.41) is 0. The third-order valence-corrected chi connectivity index (χ3v) is 3.15. The van der Waals surface area contributed by atoms with E-state index >= 15 is 0 Å². The van der Waals surface area contributed by atoms with Crippen molar-refractivity contribution in [1.82, 2.24) is 4.90 Å². The Kier molecular flexibility index (Phi) is 9.80. The maximum Gasteiger partial charge on any atom is 0.225 e. The molecule has 0 aliphatic carbocycles. The van der Waals surface area contributed by atoms with Crippen molar-refractivity contribution in [2.75, 3.05) is 19.0 Å². The molecule has 0 spiro atoms. The van der Waals surface area contributed by atoms with Crippen molar-refractivity contribution >= 4 is 17.5 Å². The van der Waals surface area contributed by atoms with Gasteiger partial charge in [0.15, 0.2) is 0 Å². The molecular formula is C13H26ClNO. The quantitative estimate of drug-likeness (QED) is 0.569. The summed E-state index contributed by atoms with van der Waals surface area (Å²) in [7, 11) is 0. The highest BCUT2D eigenvalue weighted by Crippen LogP contribution is 2.17. The second-order valence-electron chi connectivity index (χ2n) is 4.23. The van der Waals surface area contributed by atoms with Crippen molar-refractivity contribution in [3.05, 3.63) is 0 Å². The average molecular weight is 248 g/mol. The monoisotopic (exact) mass is 247 g/mol. The predicted octanol–water partition coefficient (Wildman–Crippen LogP) is 3.68. The van der Waals surface area contributed by atoms with Crippen molar-refractivity contribution in [2.24, 2.45) is 5.92 Å². The first-order valence-corrected chi connectivity index (χ1v) is 7.09. The number of hydrogen-bond acceptors (Lipinski definition) is 1. The summed E-state index contributed by atoms with van der Waals surface area (Å²) >= 11 is 5.67. The highest BCUT2D eigenvalue weighted by Gasteiger charge is 2.21. The fourth-order valence-corrected chi connectivity index (χ4v) is 2.14. The fourth-order valence-electron chi connectivity index (χ4n) is 2.02. The van der Waals surface area contributed by atoms with Crippen LogP contribution >= 0.6 is 11.6 Å². The summed E-state index contributed by atoms with van der Waals surface area (Å²) < 4.78 is 0. The molecule has 3 heteroatoms. The topological polar surface area (TPSA) is 20.3 Å². The first-order valence-electron chi connectivity index (χ1n) is 6.55. The van der Waals surface area contributed by atoms with Crippen molar-refractivity contribution in [1.29, 1.82) is 0 Å². The van der Waals surface area contributed by atoms with Gasteiger partial charge >= 0.3 is 0 Å². The maximum atomic E-state index is 12.2. The van der Waals surface area contributed by atoms with Crippen LogP contribution in [0.1, 0.15) is 52.9 Å². The molecule has 1 amide bonds. The summed E-state index contributed by atoms with van der Waals surface area (Å²) in [6, 6.07) is 0. The molecule has 0 atom stereocenters. The minimum Gasteiger partial charge on any atom is -0.343 e. The van der Waals surface area contributed by atoms with Crippen LogP contribution in [0.2, 0.25) is 0 Å². The number of carbonyl (C=O) groups is 1. The molecule has 96 valence electrons. The van der Waals surface area contributed by atoms with E-state index in [-0.39, 0.29) is 5.92 Å². The lowest BCUT2D eigenvalue weighted by Gasteiger charge is -2.25. The van der Waals surface area contributed by atoms with Crippen LogP contribution in [0.4, 0.5) is 0 Å². The summed E-state index contributed by atoms with van der Waals surface area (Å²) in [6.07, 6.45) is 5.10. The summed E-state index contributed by atoms with van der Waals surface area (Å²) in [4.78, 5) is 14.2. The number of hydrogen-bond donors (Lipinski definition) is 0. The average Bonchev–Trinajstić information content (AvgIpc) is 2.29. The van der Waals surface area contributed by atoms with Gasteiger partial charge in [0.25, 0.3) is 0 Å². The molecule has 0 aliphatic rings. The summed E-state index contributed by atoms with van der Waals surface area (Å²) in [6.45, 7) is 7.94. The second-order valence-corrected chi connectivity index (χ2v) is 4.61. The zero-order chi connectivity index (χ0) is 12.4. The van der Waals surface area contributed by atoms with Gasteiger partial charge in [-0.15, -0.1) is 11.6 Å². The largest absolute Gasteiger partial charge is 0.343 e. The number of amides is 1. The van der Waals surface area contributed by atoms with Gasteiger partial charge < -0.3 is 4.90 Å². The Morgan fingerprint density at radius 3 is 2.12 bits per heavy atom. The van der Waals surface area contributed by atoms with Gasteiger partial charge in [-0.05, 0) is 26.2 Å². The normalized spacial score (nSPS) is 10.8. The van der Waals surface area contributed by atoms with Crippen LogP contribution < -0.4 is 0 Å². The molecule has 0 aromatic rings. The van der Waals surface area contributed by atoms with Gasteiger partial charge in [0, 0.05) is 24.9 Å². The van der Waals surface area contributed by atoms with E-state index in [1.165, 1.54) is 0 Å². The van der Waals surface area contributed by atoms with Crippen LogP contribution in [0.3, 0.4) is 0 Å². The lowest BCUT2D eigenvalue weighted by molar-refractivity contribution is -0.135. The van der Waals surface area contributed by atoms with Gasteiger partial charge in [0.2, 0.25) is 5.91 Å². The van der Waals surface area contributed by atoms with E-state index in [0.717, 1.165) is 45.2 Å². The van der Waals surface area contributed by atoms with Crippen molar-refractivity contribution in [2.45, 2.75) is 52.9 Å². The molecule has 0 heterocycles. The number of alkyl halides is 1. The van der Waals surface area contributed by atoms with Crippen LogP contribution in [0.15, 0.2) is 0 Å². The van der Waals surface area contributed by atoms with Gasteiger partial charge in [-0.2, -0.15) is 0 Å². The smallest absolute Gasteiger partial charge is 0.225 e. The minimum atomic E-state index is 0.227. The van der Waals surface area contributed by atoms with E-state index in [9.17, 15) is 4.79 Å². The first-order chi connectivity index (χ1) is 7.71. The molecular weight excluding hydrogens is 222 g/mol. The molecule has 0 unspecified atom stereocenters. The number of carbonyl (C=O) groups excluding carboxylic acids is 1. The Hall–Kier alpha value is -0.240. The number of nitrogens with zero attached hydrogens (tertiary/aromatic N) is 1. The number of halogens is 1. The fraction of sp³-hybridized carbons (Fsp3) is 0.923. The van der Waals surface area contributed by atoms with Crippen LogP contribution in [0.5, 0.6) is 0 Å². The highest BCUT2D eigenvalue weighted by atomic mass is 35.5. The minimum absolute atomic E-state index is 0.227. The van der Waals surface area contributed by atoms with Crippen molar-refractivity contribution in [3.8, 4) is 0 Å². The van der Waals surface area contributed by atoms with E-state index in [2.05, 4.69) is 13.8 Å². The molecule has 0 saturated carbocycles. The molecule has 0 radical (unpaired) electrons.